The van der Waals surface area contributed by atoms with Crippen LogP contribution in [-0.4, -0.2) is 63.2 Å². The number of methoxy groups -OCH3 is 3. The molecule has 1 saturated heterocycles. The van der Waals surface area contributed by atoms with Gasteiger partial charge in [-0.2, -0.15) is 0 Å². The number of hydrogen-bond acceptors (Lipinski definition) is 5. The maximum Gasteiger partial charge on any atom is 0.246 e. The molecule has 0 N–H and O–H groups in total. The molecule has 0 atom stereocenters. The van der Waals surface area contributed by atoms with Gasteiger partial charge in [-0.05, 0) is 36.3 Å². The van der Waals surface area contributed by atoms with Crippen molar-refractivity contribution in [1.29, 1.82) is 0 Å². The second-order valence-corrected chi connectivity index (χ2v) is 7.22. The zero-order valence-corrected chi connectivity index (χ0v) is 18.0. The summed E-state index contributed by atoms with van der Waals surface area (Å²) in [7, 11) is 4.88. The number of benzene rings is 2. The molecular formula is C24H30N2O4. The monoisotopic (exact) mass is 410 g/mol. The van der Waals surface area contributed by atoms with Crippen molar-refractivity contribution >= 4 is 12.0 Å². The van der Waals surface area contributed by atoms with Gasteiger partial charge in [-0.1, -0.05) is 24.3 Å². The Morgan fingerprint density at radius 2 is 1.73 bits per heavy atom. The summed E-state index contributed by atoms with van der Waals surface area (Å²) in [6.45, 7) is 4.19. The van der Waals surface area contributed by atoms with Gasteiger partial charge in [-0.15, -0.1) is 0 Å². The van der Waals surface area contributed by atoms with Crippen LogP contribution in [0, 0.1) is 0 Å². The van der Waals surface area contributed by atoms with Crippen LogP contribution in [-0.2, 0) is 11.3 Å². The van der Waals surface area contributed by atoms with Crippen LogP contribution in [0.15, 0.2) is 48.5 Å². The van der Waals surface area contributed by atoms with Gasteiger partial charge in [-0.3, -0.25) is 9.69 Å². The maximum atomic E-state index is 12.7. The molecule has 0 unspecified atom stereocenters. The normalized spacial score (nSPS) is 15.1. The smallest absolute Gasteiger partial charge is 0.246 e. The minimum absolute atomic E-state index is 0.0196. The van der Waals surface area contributed by atoms with E-state index in [0.717, 1.165) is 43.9 Å². The second kappa shape index (κ2) is 10.7. The Hall–Kier alpha value is -2.99. The van der Waals surface area contributed by atoms with E-state index < -0.39 is 0 Å². The standard InChI is InChI=1S/C24H30N2O4/c1-28-21-11-8-19(9-12-21)18-25-14-5-15-26(17-16-25)23(27)13-10-20-6-4-7-22(29-2)24(20)30-3/h4,6-13H,5,14-18H2,1-3H3/b13-10+. The van der Waals surface area contributed by atoms with Crippen molar-refractivity contribution in [3.05, 3.63) is 59.7 Å². The highest BCUT2D eigenvalue weighted by atomic mass is 16.5. The van der Waals surface area contributed by atoms with Crippen LogP contribution in [0.2, 0.25) is 0 Å². The fourth-order valence-electron chi connectivity index (χ4n) is 3.65. The summed E-state index contributed by atoms with van der Waals surface area (Å²) in [6, 6.07) is 13.8. The van der Waals surface area contributed by atoms with Crippen molar-refractivity contribution in [2.45, 2.75) is 13.0 Å². The van der Waals surface area contributed by atoms with Gasteiger partial charge in [0.25, 0.3) is 0 Å². The highest BCUT2D eigenvalue weighted by Gasteiger charge is 2.18. The number of ether oxygens (including phenoxy) is 3. The first-order valence-electron chi connectivity index (χ1n) is 10.2. The summed E-state index contributed by atoms with van der Waals surface area (Å²) in [4.78, 5) is 17.1. The minimum Gasteiger partial charge on any atom is -0.497 e. The molecule has 30 heavy (non-hydrogen) atoms. The molecule has 0 aromatic heterocycles. The molecule has 0 bridgehead atoms. The molecular weight excluding hydrogens is 380 g/mol. The quantitative estimate of drug-likeness (QED) is 0.655. The molecule has 160 valence electrons. The molecule has 0 saturated carbocycles. The fourth-order valence-corrected chi connectivity index (χ4v) is 3.65. The number of carbonyl (C=O) groups is 1. The van der Waals surface area contributed by atoms with Crippen molar-refractivity contribution in [2.24, 2.45) is 0 Å². The van der Waals surface area contributed by atoms with E-state index in [1.807, 2.05) is 35.2 Å². The molecule has 2 aromatic rings. The Labute approximate surface area is 178 Å². The number of nitrogens with zero attached hydrogens (tertiary/aromatic N) is 2. The van der Waals surface area contributed by atoms with Crippen LogP contribution in [0.5, 0.6) is 17.2 Å². The van der Waals surface area contributed by atoms with E-state index in [2.05, 4.69) is 17.0 Å². The van der Waals surface area contributed by atoms with Crippen molar-refractivity contribution < 1.29 is 19.0 Å². The highest BCUT2D eigenvalue weighted by Crippen LogP contribution is 2.31. The van der Waals surface area contributed by atoms with Crippen LogP contribution in [0.4, 0.5) is 0 Å². The summed E-state index contributed by atoms with van der Waals surface area (Å²) in [6.07, 6.45) is 4.37. The molecule has 1 fully saturated rings. The van der Waals surface area contributed by atoms with Crippen LogP contribution in [0.3, 0.4) is 0 Å². The second-order valence-electron chi connectivity index (χ2n) is 7.22. The van der Waals surface area contributed by atoms with Crippen molar-refractivity contribution in [2.75, 3.05) is 47.5 Å². The van der Waals surface area contributed by atoms with E-state index in [1.54, 1.807) is 33.5 Å². The van der Waals surface area contributed by atoms with E-state index >= 15 is 0 Å². The predicted molar refractivity (Wildman–Crippen MR) is 118 cm³/mol. The minimum atomic E-state index is 0.0196. The predicted octanol–water partition coefficient (Wildman–Crippen LogP) is 3.46. The molecule has 0 spiro atoms. The van der Waals surface area contributed by atoms with Crippen molar-refractivity contribution in [1.82, 2.24) is 9.80 Å². The topological polar surface area (TPSA) is 51.2 Å². The third-order valence-corrected chi connectivity index (χ3v) is 5.30. The van der Waals surface area contributed by atoms with E-state index in [-0.39, 0.29) is 5.91 Å². The summed E-state index contributed by atoms with van der Waals surface area (Å²) < 4.78 is 16.0. The molecule has 1 aliphatic heterocycles. The Morgan fingerprint density at radius 3 is 2.43 bits per heavy atom. The molecule has 1 amide bonds. The number of amides is 1. The van der Waals surface area contributed by atoms with Gasteiger partial charge in [0.2, 0.25) is 5.91 Å². The molecule has 1 heterocycles. The van der Waals surface area contributed by atoms with E-state index in [1.165, 1.54) is 5.56 Å². The highest BCUT2D eigenvalue weighted by molar-refractivity contribution is 5.92. The Kier molecular flexibility index (Phi) is 7.74. The molecule has 2 aromatic carbocycles. The van der Waals surface area contributed by atoms with Gasteiger partial charge >= 0.3 is 0 Å². The first kappa shape index (κ1) is 21.7. The lowest BCUT2D eigenvalue weighted by atomic mass is 10.1. The summed E-state index contributed by atoms with van der Waals surface area (Å²) in [5.41, 5.74) is 2.07. The number of para-hydroxylation sites is 1. The van der Waals surface area contributed by atoms with E-state index in [4.69, 9.17) is 14.2 Å². The van der Waals surface area contributed by atoms with Gasteiger partial charge in [0.15, 0.2) is 11.5 Å². The van der Waals surface area contributed by atoms with Crippen molar-refractivity contribution in [3.63, 3.8) is 0 Å². The van der Waals surface area contributed by atoms with Crippen LogP contribution in [0.25, 0.3) is 6.08 Å². The Bertz CT molecular complexity index is 864. The number of carbonyl (C=O) groups excluding carboxylic acids is 1. The number of hydrogen-bond donors (Lipinski definition) is 0. The SMILES string of the molecule is COc1ccc(CN2CCCN(C(=O)/C=C/c3cccc(OC)c3OC)CC2)cc1. The van der Waals surface area contributed by atoms with Crippen LogP contribution < -0.4 is 14.2 Å². The van der Waals surface area contributed by atoms with Gasteiger partial charge in [0.05, 0.1) is 21.3 Å². The van der Waals surface area contributed by atoms with Gasteiger partial charge in [0.1, 0.15) is 5.75 Å². The summed E-state index contributed by atoms with van der Waals surface area (Å²) >= 11 is 0. The first-order valence-corrected chi connectivity index (χ1v) is 10.2. The third kappa shape index (κ3) is 5.54. The largest absolute Gasteiger partial charge is 0.497 e. The van der Waals surface area contributed by atoms with Gasteiger partial charge < -0.3 is 19.1 Å². The molecule has 6 nitrogen and oxygen atoms in total. The van der Waals surface area contributed by atoms with Gasteiger partial charge in [-0.25, -0.2) is 0 Å². The third-order valence-electron chi connectivity index (χ3n) is 5.30. The lowest BCUT2D eigenvalue weighted by Gasteiger charge is -2.21. The molecule has 0 aliphatic carbocycles. The average molecular weight is 411 g/mol. The first-order chi connectivity index (χ1) is 14.6. The van der Waals surface area contributed by atoms with Gasteiger partial charge in [0, 0.05) is 44.4 Å². The maximum absolute atomic E-state index is 12.7. The lowest BCUT2D eigenvalue weighted by Crippen LogP contribution is -2.34. The summed E-state index contributed by atoms with van der Waals surface area (Å²) in [5, 5.41) is 0. The van der Waals surface area contributed by atoms with Crippen molar-refractivity contribution in [3.8, 4) is 17.2 Å². The zero-order valence-electron chi connectivity index (χ0n) is 18.0. The molecule has 1 aliphatic rings. The van der Waals surface area contributed by atoms with E-state index in [0.29, 0.717) is 18.0 Å². The number of rotatable bonds is 7. The Balaban J connectivity index is 1.58. The van der Waals surface area contributed by atoms with E-state index in [9.17, 15) is 4.79 Å². The average Bonchev–Trinajstić information content (AvgIpc) is 3.03. The fraction of sp³-hybridized carbons (Fsp3) is 0.375. The molecule has 0 radical (unpaired) electrons. The van der Waals surface area contributed by atoms with Crippen LogP contribution in [0.1, 0.15) is 17.5 Å². The molecule has 3 rings (SSSR count). The zero-order chi connectivity index (χ0) is 21.3. The molecule has 6 heteroatoms. The van der Waals surface area contributed by atoms with Crippen LogP contribution >= 0.6 is 0 Å². The lowest BCUT2D eigenvalue weighted by molar-refractivity contribution is -0.125. The summed E-state index contributed by atoms with van der Waals surface area (Å²) in [5.74, 6) is 2.17. The Morgan fingerprint density at radius 1 is 0.933 bits per heavy atom.